The highest BCUT2D eigenvalue weighted by atomic mass is 35.5. The molecule has 0 aliphatic heterocycles. The minimum Gasteiger partial charge on any atom is -0.480 e. The van der Waals surface area contributed by atoms with Crippen LogP contribution < -0.4 is 4.90 Å². The van der Waals surface area contributed by atoms with E-state index in [0.29, 0.717) is 22.7 Å². The van der Waals surface area contributed by atoms with Gasteiger partial charge in [0, 0.05) is 11.4 Å². The molecule has 0 fully saturated rings. The van der Waals surface area contributed by atoms with Gasteiger partial charge in [-0.2, -0.15) is 0 Å². The third-order valence-corrected chi connectivity index (χ3v) is 7.10. The lowest BCUT2D eigenvalue weighted by Gasteiger charge is -2.25. The summed E-state index contributed by atoms with van der Waals surface area (Å²) in [5.74, 6) is -1.59. The van der Waals surface area contributed by atoms with E-state index in [1.54, 1.807) is 19.1 Å². The lowest BCUT2D eigenvalue weighted by Crippen LogP contribution is -2.38. The first-order valence-corrected chi connectivity index (χ1v) is 13.6. The zero-order valence-electron chi connectivity index (χ0n) is 20.5. The number of carbonyl (C=O) groups excluding carboxylic acids is 2. The number of aryl methyl sites for hydroxylation is 1. The summed E-state index contributed by atoms with van der Waals surface area (Å²) in [7, 11) is 0. The monoisotopic (exact) mass is 497 g/mol. The van der Waals surface area contributed by atoms with Crippen LogP contribution in [0.3, 0.4) is 0 Å². The van der Waals surface area contributed by atoms with Gasteiger partial charge < -0.3 is 5.11 Å². The number of aliphatic carboxylic acids is 1. The highest BCUT2D eigenvalue weighted by Gasteiger charge is 2.23. The standard InChI is InChI=1S/C26H40ClNO4S/c1-4-5-6-7-8-9-10-11-12-13-14-15-25(32)33-19-23(29)28(18-24(30)31)26-20(2)16-17-22(27)21(26)3/h16-17H,4-15,18-19H2,1-3H3,(H,30,31). The number of halogens is 1. The van der Waals surface area contributed by atoms with Crippen LogP contribution in [0.5, 0.6) is 0 Å². The predicted octanol–water partition coefficient (Wildman–Crippen LogP) is 7.34. The summed E-state index contributed by atoms with van der Waals surface area (Å²) < 4.78 is 0. The second-order valence-corrected chi connectivity index (χ2v) is 10.1. The van der Waals surface area contributed by atoms with Crippen LogP contribution in [0.25, 0.3) is 0 Å². The van der Waals surface area contributed by atoms with Crippen molar-refractivity contribution in [3.63, 3.8) is 0 Å². The number of carbonyl (C=O) groups is 3. The van der Waals surface area contributed by atoms with E-state index in [0.717, 1.165) is 36.6 Å². The molecule has 5 nitrogen and oxygen atoms in total. The van der Waals surface area contributed by atoms with Crippen LogP contribution in [-0.4, -0.2) is 34.4 Å². The summed E-state index contributed by atoms with van der Waals surface area (Å²) in [4.78, 5) is 37.6. The third kappa shape index (κ3) is 11.9. The second-order valence-electron chi connectivity index (χ2n) is 8.66. The van der Waals surface area contributed by atoms with Gasteiger partial charge in [-0.05, 0) is 37.5 Å². The van der Waals surface area contributed by atoms with Crippen LogP contribution in [0.2, 0.25) is 5.02 Å². The van der Waals surface area contributed by atoms with E-state index >= 15 is 0 Å². The molecule has 186 valence electrons. The number of benzene rings is 1. The average molecular weight is 498 g/mol. The molecular formula is C26H40ClNO4S. The molecule has 0 aliphatic rings. The minimum atomic E-state index is -1.11. The molecule has 0 radical (unpaired) electrons. The van der Waals surface area contributed by atoms with Gasteiger partial charge in [0.15, 0.2) is 5.12 Å². The zero-order chi connectivity index (χ0) is 24.6. The van der Waals surface area contributed by atoms with Gasteiger partial charge in [0.25, 0.3) is 0 Å². The molecule has 0 saturated carbocycles. The molecule has 0 unspecified atom stereocenters. The van der Waals surface area contributed by atoms with E-state index in [2.05, 4.69) is 6.92 Å². The van der Waals surface area contributed by atoms with Crippen LogP contribution in [0.1, 0.15) is 95.1 Å². The van der Waals surface area contributed by atoms with Crippen LogP contribution in [0.4, 0.5) is 5.69 Å². The number of unbranched alkanes of at least 4 members (excludes halogenated alkanes) is 10. The Labute approximate surface area is 208 Å². The van der Waals surface area contributed by atoms with Gasteiger partial charge in [0.2, 0.25) is 5.91 Å². The largest absolute Gasteiger partial charge is 0.480 e. The number of anilines is 1. The Kier molecular flexibility index (Phi) is 15.2. The molecule has 0 atom stereocenters. The maximum atomic E-state index is 12.8. The van der Waals surface area contributed by atoms with Gasteiger partial charge in [0.1, 0.15) is 6.54 Å². The fourth-order valence-corrected chi connectivity index (χ4v) is 4.76. The van der Waals surface area contributed by atoms with Gasteiger partial charge in [-0.1, -0.05) is 101 Å². The molecule has 1 rings (SSSR count). The SMILES string of the molecule is CCCCCCCCCCCCCC(=O)SCC(=O)N(CC(=O)O)c1c(C)ccc(Cl)c1C. The number of carboxylic acid groups (broad SMARTS) is 1. The Morgan fingerprint density at radius 2 is 1.45 bits per heavy atom. The van der Waals surface area contributed by atoms with Crippen molar-refractivity contribution in [3.8, 4) is 0 Å². The normalized spacial score (nSPS) is 10.9. The number of amides is 1. The van der Waals surface area contributed by atoms with Crippen molar-refractivity contribution >= 4 is 46.0 Å². The molecule has 1 N–H and O–H groups in total. The number of hydrogen-bond acceptors (Lipinski definition) is 4. The van der Waals surface area contributed by atoms with E-state index in [1.165, 1.54) is 56.3 Å². The number of thioether (sulfide) groups is 1. The summed E-state index contributed by atoms with van der Waals surface area (Å²) >= 11 is 7.17. The quantitative estimate of drug-likeness (QED) is 0.228. The molecule has 1 aromatic rings. The summed E-state index contributed by atoms with van der Waals surface area (Å²) in [6.07, 6.45) is 13.9. The smallest absolute Gasteiger partial charge is 0.323 e. The summed E-state index contributed by atoms with van der Waals surface area (Å²) in [6.45, 7) is 5.34. The molecule has 0 bridgehead atoms. The summed E-state index contributed by atoms with van der Waals surface area (Å²) in [5.41, 5.74) is 1.93. The van der Waals surface area contributed by atoms with E-state index in [4.69, 9.17) is 11.6 Å². The van der Waals surface area contributed by atoms with Crippen LogP contribution in [0, 0.1) is 13.8 Å². The van der Waals surface area contributed by atoms with E-state index < -0.39 is 18.4 Å². The van der Waals surface area contributed by atoms with Gasteiger partial charge in [-0.25, -0.2) is 0 Å². The van der Waals surface area contributed by atoms with Crippen molar-refractivity contribution in [2.45, 2.75) is 97.8 Å². The molecule has 1 amide bonds. The molecule has 33 heavy (non-hydrogen) atoms. The molecule has 0 heterocycles. The van der Waals surface area contributed by atoms with Crippen molar-refractivity contribution in [1.29, 1.82) is 0 Å². The highest BCUT2D eigenvalue weighted by molar-refractivity contribution is 8.14. The first-order valence-electron chi connectivity index (χ1n) is 12.2. The maximum Gasteiger partial charge on any atom is 0.323 e. The maximum absolute atomic E-state index is 12.8. The van der Waals surface area contributed by atoms with Crippen molar-refractivity contribution in [3.05, 3.63) is 28.3 Å². The molecule has 1 aromatic carbocycles. The Bertz CT molecular complexity index is 769. The van der Waals surface area contributed by atoms with Crippen molar-refractivity contribution in [1.82, 2.24) is 0 Å². The van der Waals surface area contributed by atoms with Gasteiger partial charge in [-0.15, -0.1) is 0 Å². The highest BCUT2D eigenvalue weighted by Crippen LogP contribution is 2.31. The number of carboxylic acids is 1. The molecule has 0 saturated heterocycles. The van der Waals surface area contributed by atoms with Gasteiger partial charge >= 0.3 is 5.97 Å². The molecule has 0 aliphatic carbocycles. The number of nitrogens with zero attached hydrogens (tertiary/aromatic N) is 1. The number of rotatable bonds is 17. The number of hydrogen-bond donors (Lipinski definition) is 1. The fraction of sp³-hybridized carbons (Fsp3) is 0.654. The van der Waals surface area contributed by atoms with Crippen LogP contribution >= 0.6 is 23.4 Å². The van der Waals surface area contributed by atoms with Crippen molar-refractivity contribution < 1.29 is 19.5 Å². The Hall–Kier alpha value is -1.53. The van der Waals surface area contributed by atoms with Crippen LogP contribution in [-0.2, 0) is 14.4 Å². The van der Waals surface area contributed by atoms with E-state index in [1.807, 2.05) is 6.92 Å². The second kappa shape index (κ2) is 17.0. The van der Waals surface area contributed by atoms with Crippen molar-refractivity contribution in [2.75, 3.05) is 17.2 Å². The molecular weight excluding hydrogens is 458 g/mol. The zero-order valence-corrected chi connectivity index (χ0v) is 22.0. The van der Waals surface area contributed by atoms with Crippen LogP contribution in [0.15, 0.2) is 12.1 Å². The van der Waals surface area contributed by atoms with Crippen molar-refractivity contribution in [2.24, 2.45) is 0 Å². The Balaban J connectivity index is 2.36. The molecule has 7 heteroatoms. The lowest BCUT2D eigenvalue weighted by molar-refractivity contribution is -0.136. The molecule has 0 aromatic heterocycles. The van der Waals surface area contributed by atoms with Gasteiger partial charge in [0.05, 0.1) is 11.4 Å². The average Bonchev–Trinajstić information content (AvgIpc) is 2.77. The predicted molar refractivity (Wildman–Crippen MR) is 139 cm³/mol. The Morgan fingerprint density at radius 3 is 2.00 bits per heavy atom. The fourth-order valence-electron chi connectivity index (χ4n) is 3.88. The minimum absolute atomic E-state index is 0.0194. The summed E-state index contributed by atoms with van der Waals surface area (Å²) in [6, 6.07) is 3.49. The topological polar surface area (TPSA) is 74.7 Å². The van der Waals surface area contributed by atoms with E-state index in [9.17, 15) is 19.5 Å². The third-order valence-electron chi connectivity index (χ3n) is 5.77. The Morgan fingerprint density at radius 1 is 0.909 bits per heavy atom. The van der Waals surface area contributed by atoms with Gasteiger partial charge in [-0.3, -0.25) is 19.3 Å². The van der Waals surface area contributed by atoms with E-state index in [-0.39, 0.29) is 10.9 Å². The first kappa shape index (κ1) is 29.5. The summed E-state index contributed by atoms with van der Waals surface area (Å²) in [5, 5.41) is 9.74. The lowest BCUT2D eigenvalue weighted by atomic mass is 10.1. The first-order chi connectivity index (χ1) is 15.8. The molecule has 0 spiro atoms.